The van der Waals surface area contributed by atoms with Crippen LogP contribution in [0, 0.1) is 10.1 Å². The summed E-state index contributed by atoms with van der Waals surface area (Å²) in [6, 6.07) is 11.7. The van der Waals surface area contributed by atoms with E-state index in [0.717, 1.165) is 0 Å². The van der Waals surface area contributed by atoms with Gasteiger partial charge in [-0.05, 0) is 23.8 Å². The van der Waals surface area contributed by atoms with Crippen molar-refractivity contribution in [2.24, 2.45) is 0 Å². The molecule has 5 nitrogen and oxygen atoms in total. The molecule has 0 saturated heterocycles. The van der Waals surface area contributed by atoms with Crippen molar-refractivity contribution in [1.29, 1.82) is 0 Å². The fourth-order valence-electron chi connectivity index (χ4n) is 2.35. The lowest BCUT2D eigenvalue weighted by Crippen LogP contribution is -2.24. The molecule has 0 aromatic heterocycles. The molecule has 2 unspecified atom stereocenters. The maximum absolute atomic E-state index is 14.5. The van der Waals surface area contributed by atoms with Crippen LogP contribution in [0.25, 0.3) is 0 Å². The summed E-state index contributed by atoms with van der Waals surface area (Å²) in [5, 5.41) is 10.6. The number of carbonyl (C=O) groups excluding carboxylic acids is 1. The van der Waals surface area contributed by atoms with E-state index in [0.29, 0.717) is 5.56 Å². The summed E-state index contributed by atoms with van der Waals surface area (Å²) in [6.07, 6.45) is -2.59. The van der Waals surface area contributed by atoms with E-state index < -0.39 is 23.2 Å². The minimum atomic E-state index is -1.50. The molecule has 1 aliphatic rings. The zero-order valence-corrected chi connectivity index (χ0v) is 10.7. The van der Waals surface area contributed by atoms with Crippen LogP contribution < -0.4 is 0 Å². The van der Waals surface area contributed by atoms with Gasteiger partial charge in [0.1, 0.15) is 0 Å². The van der Waals surface area contributed by atoms with Crippen LogP contribution in [0.5, 0.6) is 0 Å². The van der Waals surface area contributed by atoms with Crippen LogP contribution in [-0.4, -0.2) is 10.9 Å². The van der Waals surface area contributed by atoms with Crippen LogP contribution >= 0.6 is 0 Å². The van der Waals surface area contributed by atoms with Crippen molar-refractivity contribution in [2.75, 3.05) is 0 Å². The Bertz CT molecular complexity index is 714. The molecule has 2 atom stereocenters. The topological polar surface area (TPSA) is 69.4 Å². The second-order valence-corrected chi connectivity index (χ2v) is 4.66. The van der Waals surface area contributed by atoms with E-state index in [1.165, 1.54) is 30.3 Å². The second kappa shape index (κ2) is 4.97. The van der Waals surface area contributed by atoms with Gasteiger partial charge < -0.3 is 4.74 Å². The highest BCUT2D eigenvalue weighted by molar-refractivity contribution is 5.92. The lowest BCUT2D eigenvalue weighted by atomic mass is 9.93. The molecule has 0 fully saturated rings. The van der Waals surface area contributed by atoms with Crippen molar-refractivity contribution < 1.29 is 18.8 Å². The van der Waals surface area contributed by atoms with Crippen LogP contribution in [0.3, 0.4) is 0 Å². The van der Waals surface area contributed by atoms with E-state index in [9.17, 15) is 19.3 Å². The van der Waals surface area contributed by atoms with Crippen molar-refractivity contribution in [3.63, 3.8) is 0 Å². The molecule has 6 heteroatoms. The molecule has 2 aromatic rings. The van der Waals surface area contributed by atoms with Gasteiger partial charge in [-0.25, -0.2) is 9.18 Å². The third-order valence-electron chi connectivity index (χ3n) is 3.41. The van der Waals surface area contributed by atoms with Gasteiger partial charge in [0.25, 0.3) is 5.69 Å². The second-order valence-electron chi connectivity index (χ2n) is 4.66. The molecule has 0 N–H and O–H groups in total. The van der Waals surface area contributed by atoms with Gasteiger partial charge in [0.15, 0.2) is 12.3 Å². The van der Waals surface area contributed by atoms with E-state index in [4.69, 9.17) is 4.74 Å². The fourth-order valence-corrected chi connectivity index (χ4v) is 2.35. The number of nitrogens with zero attached hydrogens (tertiary/aromatic N) is 1. The maximum atomic E-state index is 14.5. The number of hydrogen-bond acceptors (Lipinski definition) is 4. The van der Waals surface area contributed by atoms with Gasteiger partial charge in [0.2, 0.25) is 0 Å². The van der Waals surface area contributed by atoms with Crippen LogP contribution in [-0.2, 0) is 4.74 Å². The highest BCUT2D eigenvalue weighted by atomic mass is 19.1. The maximum Gasteiger partial charge on any atom is 0.339 e. The summed E-state index contributed by atoms with van der Waals surface area (Å²) < 4.78 is 19.7. The van der Waals surface area contributed by atoms with Gasteiger partial charge in [-0.15, -0.1) is 0 Å². The third kappa shape index (κ3) is 2.24. The molecule has 0 spiro atoms. The Labute approximate surface area is 119 Å². The first-order valence-corrected chi connectivity index (χ1v) is 6.26. The van der Waals surface area contributed by atoms with Crippen molar-refractivity contribution in [3.8, 4) is 0 Å². The fraction of sp³-hybridized carbons (Fsp3) is 0.133. The summed E-state index contributed by atoms with van der Waals surface area (Å²) in [6.45, 7) is 0. The summed E-state index contributed by atoms with van der Waals surface area (Å²) in [7, 11) is 0. The Morgan fingerprint density at radius 3 is 2.43 bits per heavy atom. The molecule has 3 rings (SSSR count). The molecular weight excluding hydrogens is 277 g/mol. The Balaban J connectivity index is 1.97. The number of nitro groups is 1. The minimum Gasteiger partial charge on any atom is -0.450 e. The number of rotatable bonds is 2. The van der Waals surface area contributed by atoms with Crippen LogP contribution in [0.15, 0.2) is 48.5 Å². The largest absolute Gasteiger partial charge is 0.450 e. The van der Waals surface area contributed by atoms with E-state index in [1.54, 1.807) is 18.2 Å². The smallest absolute Gasteiger partial charge is 0.339 e. The Hall–Kier alpha value is -2.76. The number of non-ortho nitro benzene ring substituents is 1. The lowest BCUT2D eigenvalue weighted by Gasteiger charge is -2.28. The number of alkyl halides is 1. The number of benzene rings is 2. The van der Waals surface area contributed by atoms with E-state index in [1.807, 2.05) is 0 Å². The van der Waals surface area contributed by atoms with Gasteiger partial charge in [0, 0.05) is 17.7 Å². The Kier molecular flexibility index (Phi) is 3.13. The standard InChI is InChI=1S/C15H10FNO4/c16-13-11-3-1-2-4-12(11)15(18)21-14(13)9-5-7-10(8-6-9)17(19)20/h1-8,13-14H. The summed E-state index contributed by atoms with van der Waals surface area (Å²) in [5.74, 6) is -0.595. The molecule has 21 heavy (non-hydrogen) atoms. The van der Waals surface area contributed by atoms with Crippen molar-refractivity contribution >= 4 is 11.7 Å². The van der Waals surface area contributed by atoms with Crippen molar-refractivity contribution in [2.45, 2.75) is 12.3 Å². The lowest BCUT2D eigenvalue weighted by molar-refractivity contribution is -0.384. The molecule has 0 amide bonds. The zero-order chi connectivity index (χ0) is 15.0. The molecule has 1 aliphatic heterocycles. The van der Waals surface area contributed by atoms with Crippen LogP contribution in [0.1, 0.15) is 33.8 Å². The average Bonchev–Trinajstić information content (AvgIpc) is 2.51. The molecule has 0 aliphatic carbocycles. The first kappa shape index (κ1) is 13.2. The van der Waals surface area contributed by atoms with Crippen LogP contribution in [0.4, 0.5) is 10.1 Å². The quantitative estimate of drug-likeness (QED) is 0.481. The molecule has 0 saturated carbocycles. The van der Waals surface area contributed by atoms with E-state index in [2.05, 4.69) is 0 Å². The molecular formula is C15H10FNO4. The highest BCUT2D eigenvalue weighted by Crippen LogP contribution is 2.41. The third-order valence-corrected chi connectivity index (χ3v) is 3.41. The number of hydrogen-bond donors (Lipinski definition) is 0. The first-order valence-electron chi connectivity index (χ1n) is 6.26. The van der Waals surface area contributed by atoms with Gasteiger partial charge >= 0.3 is 5.97 Å². The van der Waals surface area contributed by atoms with Gasteiger partial charge in [0.05, 0.1) is 10.5 Å². The number of halogens is 1. The Morgan fingerprint density at radius 2 is 1.76 bits per heavy atom. The minimum absolute atomic E-state index is 0.100. The average molecular weight is 287 g/mol. The SMILES string of the molecule is O=C1OC(c2ccc([N+](=O)[O-])cc2)C(F)c2ccccc21. The Morgan fingerprint density at radius 1 is 1.10 bits per heavy atom. The molecule has 106 valence electrons. The van der Waals surface area contributed by atoms with Crippen molar-refractivity contribution in [3.05, 3.63) is 75.3 Å². The normalized spacial score (nSPS) is 20.5. The first-order chi connectivity index (χ1) is 10.1. The zero-order valence-electron chi connectivity index (χ0n) is 10.7. The van der Waals surface area contributed by atoms with Gasteiger partial charge in [-0.1, -0.05) is 18.2 Å². The van der Waals surface area contributed by atoms with E-state index >= 15 is 0 Å². The highest BCUT2D eigenvalue weighted by Gasteiger charge is 2.36. The monoisotopic (exact) mass is 287 g/mol. The molecule has 2 aromatic carbocycles. The molecule has 0 radical (unpaired) electrons. The van der Waals surface area contributed by atoms with Crippen LogP contribution in [0.2, 0.25) is 0 Å². The number of ether oxygens (including phenoxy) is 1. The number of esters is 1. The van der Waals surface area contributed by atoms with Crippen molar-refractivity contribution in [1.82, 2.24) is 0 Å². The number of carbonyl (C=O) groups is 1. The van der Waals surface area contributed by atoms with Gasteiger partial charge in [-0.2, -0.15) is 0 Å². The van der Waals surface area contributed by atoms with E-state index in [-0.39, 0.29) is 16.8 Å². The number of fused-ring (bicyclic) bond motifs is 1. The predicted molar refractivity (Wildman–Crippen MR) is 71.5 cm³/mol. The number of nitro benzene ring substituents is 1. The predicted octanol–water partition coefficient (Wildman–Crippen LogP) is 3.52. The number of cyclic esters (lactones) is 1. The summed E-state index contributed by atoms with van der Waals surface area (Å²) >= 11 is 0. The molecule has 1 heterocycles. The molecule has 0 bridgehead atoms. The summed E-state index contributed by atoms with van der Waals surface area (Å²) in [5.41, 5.74) is 0.771. The van der Waals surface area contributed by atoms with Gasteiger partial charge in [-0.3, -0.25) is 10.1 Å². The summed E-state index contributed by atoms with van der Waals surface area (Å²) in [4.78, 5) is 22.0.